The normalized spacial score (nSPS) is 16.1. The van der Waals surface area contributed by atoms with Crippen LogP contribution >= 0.6 is 11.6 Å². The van der Waals surface area contributed by atoms with Crippen LogP contribution in [0.15, 0.2) is 42.5 Å². The van der Waals surface area contributed by atoms with Crippen LogP contribution in [-0.2, 0) is 25.3 Å². The summed E-state index contributed by atoms with van der Waals surface area (Å²) in [4.78, 5) is 38.1. The molecule has 3 rings (SSSR count). The Hall–Kier alpha value is -3.27. The Labute approximate surface area is 186 Å². The summed E-state index contributed by atoms with van der Waals surface area (Å²) in [7, 11) is 1.43. The molecule has 1 aliphatic heterocycles. The van der Waals surface area contributed by atoms with E-state index in [9.17, 15) is 27.6 Å². The average molecular weight is 471 g/mol. The van der Waals surface area contributed by atoms with Crippen LogP contribution in [0, 0.1) is 5.92 Å². The lowest BCUT2D eigenvalue weighted by Crippen LogP contribution is -2.28. The number of nitrogens with one attached hydrogen (secondary N) is 1. The lowest BCUT2D eigenvalue weighted by atomic mass is 10.1. The van der Waals surface area contributed by atoms with Crippen LogP contribution in [-0.4, -0.2) is 38.0 Å². The van der Waals surface area contributed by atoms with E-state index in [1.807, 2.05) is 0 Å². The molecule has 170 valence electrons. The van der Waals surface area contributed by atoms with Crippen molar-refractivity contribution in [3.8, 4) is 5.75 Å². The van der Waals surface area contributed by atoms with E-state index in [4.69, 9.17) is 21.1 Å². The monoisotopic (exact) mass is 470 g/mol. The van der Waals surface area contributed by atoms with Crippen molar-refractivity contribution >= 4 is 40.8 Å². The minimum Gasteiger partial charge on any atom is -0.495 e. The number of halogens is 4. The van der Waals surface area contributed by atoms with Crippen molar-refractivity contribution in [1.82, 2.24) is 0 Å². The van der Waals surface area contributed by atoms with Crippen molar-refractivity contribution in [2.45, 2.75) is 12.6 Å². The van der Waals surface area contributed by atoms with E-state index in [0.717, 1.165) is 18.2 Å². The Balaban J connectivity index is 1.57. The molecule has 0 unspecified atom stereocenters. The highest BCUT2D eigenvalue weighted by Crippen LogP contribution is 2.35. The van der Waals surface area contributed by atoms with Gasteiger partial charge < -0.3 is 19.7 Å². The molecule has 2 aromatic rings. The molecule has 1 atom stereocenters. The van der Waals surface area contributed by atoms with Gasteiger partial charge in [0.25, 0.3) is 5.91 Å². The predicted molar refractivity (Wildman–Crippen MR) is 109 cm³/mol. The van der Waals surface area contributed by atoms with Gasteiger partial charge in [0.2, 0.25) is 5.91 Å². The van der Waals surface area contributed by atoms with E-state index in [1.165, 1.54) is 24.1 Å². The van der Waals surface area contributed by atoms with Gasteiger partial charge in [0.15, 0.2) is 6.61 Å². The van der Waals surface area contributed by atoms with Gasteiger partial charge >= 0.3 is 12.1 Å². The number of benzene rings is 2. The average Bonchev–Trinajstić information content (AvgIpc) is 3.13. The van der Waals surface area contributed by atoms with Gasteiger partial charge in [-0.3, -0.25) is 14.4 Å². The summed E-state index contributed by atoms with van der Waals surface area (Å²) in [6, 6.07) is 8.79. The summed E-state index contributed by atoms with van der Waals surface area (Å²) in [5.74, 6) is -2.36. The fourth-order valence-corrected chi connectivity index (χ4v) is 3.36. The van der Waals surface area contributed by atoms with Crippen molar-refractivity contribution in [2.75, 3.05) is 30.5 Å². The summed E-state index contributed by atoms with van der Waals surface area (Å²) in [6.07, 6.45) is -4.69. The van der Waals surface area contributed by atoms with Crippen molar-refractivity contribution in [1.29, 1.82) is 0 Å². The molecular weight excluding hydrogens is 453 g/mol. The zero-order valence-electron chi connectivity index (χ0n) is 16.7. The van der Waals surface area contributed by atoms with Gasteiger partial charge in [0.05, 0.1) is 24.3 Å². The minimum atomic E-state index is -4.56. The van der Waals surface area contributed by atoms with Crippen LogP contribution in [0.3, 0.4) is 0 Å². The molecule has 1 fully saturated rings. The van der Waals surface area contributed by atoms with Crippen molar-refractivity contribution in [3.05, 3.63) is 53.1 Å². The number of hydrogen-bond acceptors (Lipinski definition) is 5. The first-order chi connectivity index (χ1) is 15.1. The largest absolute Gasteiger partial charge is 0.495 e. The number of carbonyl (C=O) groups excluding carboxylic acids is 3. The number of rotatable bonds is 6. The van der Waals surface area contributed by atoms with E-state index in [1.54, 1.807) is 12.1 Å². The second kappa shape index (κ2) is 9.47. The fraction of sp³-hybridized carbons (Fsp3) is 0.286. The molecule has 1 N–H and O–H groups in total. The van der Waals surface area contributed by atoms with Gasteiger partial charge in [-0.15, -0.1) is 0 Å². The number of hydrogen-bond donors (Lipinski definition) is 1. The van der Waals surface area contributed by atoms with E-state index < -0.39 is 36.1 Å². The van der Waals surface area contributed by atoms with Crippen molar-refractivity contribution in [3.63, 3.8) is 0 Å². The van der Waals surface area contributed by atoms with E-state index >= 15 is 0 Å². The van der Waals surface area contributed by atoms with Gasteiger partial charge in [0.1, 0.15) is 5.75 Å². The van der Waals surface area contributed by atoms with Crippen LogP contribution in [0.4, 0.5) is 24.5 Å². The summed E-state index contributed by atoms with van der Waals surface area (Å²) in [5.41, 5.74) is -0.605. The molecule has 1 aliphatic rings. The maximum Gasteiger partial charge on any atom is 0.416 e. The second-order valence-corrected chi connectivity index (χ2v) is 7.39. The highest BCUT2D eigenvalue weighted by molar-refractivity contribution is 6.31. The Kier molecular flexibility index (Phi) is 6.93. The Morgan fingerprint density at radius 3 is 2.66 bits per heavy atom. The smallest absolute Gasteiger partial charge is 0.416 e. The number of nitrogens with zero attached hydrogens (tertiary/aromatic N) is 1. The molecule has 0 aliphatic carbocycles. The number of anilines is 2. The molecule has 32 heavy (non-hydrogen) atoms. The highest BCUT2D eigenvalue weighted by atomic mass is 35.5. The van der Waals surface area contributed by atoms with Crippen LogP contribution in [0.25, 0.3) is 0 Å². The summed E-state index contributed by atoms with van der Waals surface area (Å²) in [5, 5.41) is 2.62. The lowest BCUT2D eigenvalue weighted by Gasteiger charge is -2.19. The quantitative estimate of drug-likeness (QED) is 0.647. The molecule has 1 heterocycles. The molecule has 11 heteroatoms. The van der Waals surface area contributed by atoms with Crippen LogP contribution in [0.1, 0.15) is 12.0 Å². The SMILES string of the molecule is COc1ccc(Cl)cc1N1C[C@@H](C(=O)OCC(=O)Nc2cccc(C(F)(F)F)c2)CC1=O. The number of ether oxygens (including phenoxy) is 2. The number of methoxy groups -OCH3 is 1. The molecule has 0 saturated carbocycles. The zero-order chi connectivity index (χ0) is 23.5. The van der Waals surface area contributed by atoms with Crippen LogP contribution in [0.5, 0.6) is 5.75 Å². The summed E-state index contributed by atoms with van der Waals surface area (Å²) < 4.78 is 48.5. The van der Waals surface area contributed by atoms with Gasteiger partial charge in [-0.2, -0.15) is 13.2 Å². The molecule has 0 radical (unpaired) electrons. The predicted octanol–water partition coefficient (Wildman–Crippen LogP) is 3.90. The molecule has 2 amide bonds. The number of carbonyl (C=O) groups is 3. The molecule has 0 aromatic heterocycles. The Bertz CT molecular complexity index is 1040. The first kappa shape index (κ1) is 23.4. The van der Waals surface area contributed by atoms with E-state index in [-0.39, 0.29) is 24.6 Å². The van der Waals surface area contributed by atoms with Gasteiger partial charge in [-0.05, 0) is 36.4 Å². The topological polar surface area (TPSA) is 84.9 Å². The Morgan fingerprint density at radius 1 is 1.22 bits per heavy atom. The van der Waals surface area contributed by atoms with Gasteiger partial charge in [-0.25, -0.2) is 0 Å². The lowest BCUT2D eigenvalue weighted by molar-refractivity contribution is -0.151. The van der Waals surface area contributed by atoms with Crippen molar-refractivity contribution in [2.24, 2.45) is 5.92 Å². The maximum absolute atomic E-state index is 12.8. The van der Waals surface area contributed by atoms with Crippen LogP contribution < -0.4 is 15.0 Å². The number of amides is 2. The molecule has 7 nitrogen and oxygen atoms in total. The standard InChI is InChI=1S/C21H18ClF3N2O5/c1-31-17-6-5-14(22)9-16(17)27-10-12(7-19(27)29)20(30)32-11-18(28)26-15-4-2-3-13(8-15)21(23,24)25/h2-6,8-9,12H,7,10-11H2,1H3,(H,26,28)/t12-/m0/s1. The van der Waals surface area contributed by atoms with Gasteiger partial charge in [0, 0.05) is 23.7 Å². The maximum atomic E-state index is 12.8. The van der Waals surface area contributed by atoms with Crippen molar-refractivity contribution < 1.29 is 37.0 Å². The second-order valence-electron chi connectivity index (χ2n) is 6.96. The molecule has 1 saturated heterocycles. The van der Waals surface area contributed by atoms with E-state index in [2.05, 4.69) is 5.32 Å². The third kappa shape index (κ3) is 5.50. The molecule has 2 aromatic carbocycles. The third-order valence-corrected chi connectivity index (χ3v) is 4.94. The summed E-state index contributed by atoms with van der Waals surface area (Å²) >= 11 is 5.99. The summed E-state index contributed by atoms with van der Waals surface area (Å²) in [6.45, 7) is -0.704. The highest BCUT2D eigenvalue weighted by Gasteiger charge is 2.37. The minimum absolute atomic E-state index is 0.00359. The Morgan fingerprint density at radius 2 is 1.97 bits per heavy atom. The van der Waals surface area contributed by atoms with E-state index in [0.29, 0.717) is 16.5 Å². The molecule has 0 bridgehead atoms. The van der Waals surface area contributed by atoms with Crippen LogP contribution in [0.2, 0.25) is 5.02 Å². The third-order valence-electron chi connectivity index (χ3n) is 4.71. The van der Waals surface area contributed by atoms with Gasteiger partial charge in [-0.1, -0.05) is 17.7 Å². The number of esters is 1. The first-order valence-electron chi connectivity index (χ1n) is 9.36. The fourth-order valence-electron chi connectivity index (χ4n) is 3.20. The molecule has 0 spiro atoms. The first-order valence-corrected chi connectivity index (χ1v) is 9.74. The molecular formula is C21H18ClF3N2O5. The zero-order valence-corrected chi connectivity index (χ0v) is 17.5. The number of alkyl halides is 3.